The number of hydrogen-bond acceptors (Lipinski definition) is 9. The molecule has 5 rings (SSSR count). The molecule has 9 nitrogen and oxygen atoms in total. The summed E-state index contributed by atoms with van der Waals surface area (Å²) in [5, 5.41) is 75.3. The van der Waals surface area contributed by atoms with Crippen LogP contribution < -0.4 is 0 Å². The van der Waals surface area contributed by atoms with Crippen LogP contribution >= 0.6 is 0 Å². The van der Waals surface area contributed by atoms with E-state index in [1.165, 1.54) is 5.57 Å². The van der Waals surface area contributed by atoms with Crippen LogP contribution in [0.25, 0.3) is 0 Å². The van der Waals surface area contributed by atoms with E-state index < -0.39 is 66.1 Å². The molecule has 1 aliphatic heterocycles. The van der Waals surface area contributed by atoms with Crippen LogP contribution in [0.15, 0.2) is 11.1 Å². The molecule has 35 heavy (non-hydrogen) atoms. The maximum absolute atomic E-state index is 12.3. The first-order valence-electron chi connectivity index (χ1n) is 13.0. The van der Waals surface area contributed by atoms with Crippen molar-refractivity contribution in [2.45, 2.75) is 120 Å². The van der Waals surface area contributed by atoms with E-state index in [1.807, 2.05) is 27.7 Å². The van der Waals surface area contributed by atoms with E-state index in [2.05, 4.69) is 0 Å². The van der Waals surface area contributed by atoms with Crippen molar-refractivity contribution in [3.05, 3.63) is 11.1 Å². The molecule has 7 N–H and O–H groups in total. The average Bonchev–Trinajstić information content (AvgIpc) is 3.08. The highest BCUT2D eigenvalue weighted by atomic mass is 16.7. The highest BCUT2D eigenvalue weighted by molar-refractivity contribution is 5.37. The monoisotopic (exact) mass is 498 g/mol. The van der Waals surface area contributed by atoms with Gasteiger partial charge in [0.1, 0.15) is 30.0 Å². The number of ether oxygens (including phenoxy) is 2. The Hall–Kier alpha value is -0.620. The summed E-state index contributed by atoms with van der Waals surface area (Å²) in [4.78, 5) is 0. The Bertz CT molecular complexity index is 884. The minimum atomic E-state index is -1.55. The summed E-state index contributed by atoms with van der Waals surface area (Å²) < 4.78 is 11.7. The smallest absolute Gasteiger partial charge is 0.186 e. The average molecular weight is 499 g/mol. The Kier molecular flexibility index (Phi) is 6.08. The second-order valence-corrected chi connectivity index (χ2v) is 12.8. The van der Waals surface area contributed by atoms with E-state index in [0.717, 1.165) is 24.8 Å². The van der Waals surface area contributed by atoms with Crippen LogP contribution in [0.4, 0.5) is 0 Å². The quantitative estimate of drug-likeness (QED) is 0.265. The molecule has 0 aromatic carbocycles. The van der Waals surface area contributed by atoms with Gasteiger partial charge in [-0.1, -0.05) is 25.0 Å². The molecule has 0 aromatic heterocycles. The van der Waals surface area contributed by atoms with Crippen molar-refractivity contribution in [3.8, 4) is 0 Å². The number of hydrogen-bond donors (Lipinski definition) is 7. The van der Waals surface area contributed by atoms with Crippen molar-refractivity contribution in [2.24, 2.45) is 22.7 Å². The molecule has 2 bridgehead atoms. The van der Waals surface area contributed by atoms with Gasteiger partial charge in [0.15, 0.2) is 6.29 Å². The molecule has 1 heterocycles. The van der Waals surface area contributed by atoms with Gasteiger partial charge >= 0.3 is 0 Å². The largest absolute Gasteiger partial charge is 0.394 e. The van der Waals surface area contributed by atoms with Crippen LogP contribution in [0.2, 0.25) is 0 Å². The molecule has 0 radical (unpaired) electrons. The zero-order chi connectivity index (χ0) is 25.7. The summed E-state index contributed by atoms with van der Waals surface area (Å²) in [6, 6.07) is 0. The summed E-state index contributed by atoms with van der Waals surface area (Å²) in [6.45, 7) is 7.05. The molecule has 12 atom stereocenters. The highest BCUT2D eigenvalue weighted by Crippen LogP contribution is 2.67. The maximum Gasteiger partial charge on any atom is 0.186 e. The van der Waals surface area contributed by atoms with Gasteiger partial charge in [0.25, 0.3) is 0 Å². The van der Waals surface area contributed by atoms with Crippen molar-refractivity contribution in [2.75, 3.05) is 6.61 Å². The third-order valence-electron chi connectivity index (χ3n) is 10.7. The topological polar surface area (TPSA) is 160 Å². The van der Waals surface area contributed by atoms with Crippen LogP contribution in [-0.2, 0) is 9.47 Å². The molecule has 1 spiro atoms. The summed E-state index contributed by atoms with van der Waals surface area (Å²) in [7, 11) is 0. The predicted octanol–water partition coefficient (Wildman–Crippen LogP) is -0.0290. The van der Waals surface area contributed by atoms with Crippen LogP contribution in [0.3, 0.4) is 0 Å². The summed E-state index contributed by atoms with van der Waals surface area (Å²) in [6.07, 6.45) is -4.78. The Morgan fingerprint density at radius 2 is 1.69 bits per heavy atom. The predicted molar refractivity (Wildman–Crippen MR) is 124 cm³/mol. The van der Waals surface area contributed by atoms with Gasteiger partial charge in [0.2, 0.25) is 0 Å². The molecule has 3 saturated carbocycles. The number of rotatable bonds is 3. The lowest BCUT2D eigenvalue weighted by atomic mass is 9.66. The van der Waals surface area contributed by atoms with Crippen LogP contribution in [-0.4, -0.2) is 96.5 Å². The fourth-order valence-corrected chi connectivity index (χ4v) is 8.58. The van der Waals surface area contributed by atoms with Gasteiger partial charge in [-0.15, -0.1) is 0 Å². The molecule has 0 amide bonds. The van der Waals surface area contributed by atoms with E-state index in [0.29, 0.717) is 19.3 Å². The third-order valence-corrected chi connectivity index (χ3v) is 10.7. The first-order valence-corrected chi connectivity index (χ1v) is 13.0. The molecule has 4 fully saturated rings. The number of allylic oxidation sites excluding steroid dienone is 1. The second kappa shape index (κ2) is 8.19. The number of aliphatic hydroxyl groups is 7. The molecule has 4 aliphatic carbocycles. The van der Waals surface area contributed by atoms with Crippen molar-refractivity contribution in [3.63, 3.8) is 0 Å². The summed E-state index contributed by atoms with van der Waals surface area (Å²) in [5.41, 5.74) is -1.28. The Morgan fingerprint density at radius 1 is 1.00 bits per heavy atom. The summed E-state index contributed by atoms with van der Waals surface area (Å²) in [5.74, 6) is -0.201. The van der Waals surface area contributed by atoms with Gasteiger partial charge < -0.3 is 45.2 Å². The second-order valence-electron chi connectivity index (χ2n) is 12.8. The molecular formula is C26H42O9. The van der Waals surface area contributed by atoms with Crippen molar-refractivity contribution >= 4 is 0 Å². The Morgan fingerprint density at radius 3 is 2.34 bits per heavy atom. The van der Waals surface area contributed by atoms with E-state index in [4.69, 9.17) is 9.47 Å². The standard InChI is InChI=1S/C26H42O9/c1-12-14-6-5-13-8-25(14,11-24(13,4)32)9-17(28)26(33)15(12)7-18(23(26,2)3)35-22-21(31)20(30)19(29)16(10-27)34-22/h13,15-22,27-33H,5-11H2,1-4H3. The highest BCUT2D eigenvalue weighted by Gasteiger charge is 2.69. The lowest BCUT2D eigenvalue weighted by molar-refractivity contribution is -0.321. The van der Waals surface area contributed by atoms with Gasteiger partial charge in [0, 0.05) is 11.3 Å². The SMILES string of the molecule is CC1=C2CCC3CC2(CC(O)C2(O)C1CC(OC1OC(CO)C(O)C(O)C1O)C2(C)C)CC3(C)O. The Balaban J connectivity index is 1.48. The van der Waals surface area contributed by atoms with Crippen LogP contribution in [0, 0.1) is 22.7 Å². The molecule has 0 aromatic rings. The van der Waals surface area contributed by atoms with Gasteiger partial charge in [-0.3, -0.25) is 0 Å². The van der Waals surface area contributed by atoms with Crippen molar-refractivity contribution in [1.82, 2.24) is 0 Å². The summed E-state index contributed by atoms with van der Waals surface area (Å²) >= 11 is 0. The van der Waals surface area contributed by atoms with E-state index in [1.54, 1.807) is 0 Å². The van der Waals surface area contributed by atoms with E-state index >= 15 is 0 Å². The fourth-order valence-electron chi connectivity index (χ4n) is 8.58. The molecule has 5 aliphatic rings. The zero-order valence-electron chi connectivity index (χ0n) is 21.1. The lowest BCUT2D eigenvalue weighted by Crippen LogP contribution is -2.61. The lowest BCUT2D eigenvalue weighted by Gasteiger charge is -2.47. The molecule has 1 saturated heterocycles. The molecular weight excluding hydrogens is 456 g/mol. The van der Waals surface area contributed by atoms with Crippen LogP contribution in [0.5, 0.6) is 0 Å². The van der Waals surface area contributed by atoms with Gasteiger partial charge in [0.05, 0.1) is 24.4 Å². The number of aliphatic hydroxyl groups excluding tert-OH is 5. The van der Waals surface area contributed by atoms with Crippen molar-refractivity contribution < 1.29 is 45.2 Å². The molecule has 12 unspecified atom stereocenters. The number of fused-ring (bicyclic) bond motifs is 2. The molecule has 9 heteroatoms. The Labute approximate surface area is 206 Å². The van der Waals surface area contributed by atoms with Crippen molar-refractivity contribution in [1.29, 1.82) is 0 Å². The third kappa shape index (κ3) is 3.47. The zero-order valence-corrected chi connectivity index (χ0v) is 21.1. The van der Waals surface area contributed by atoms with E-state index in [9.17, 15) is 35.7 Å². The normalized spacial score (nSPS) is 55.5. The van der Waals surface area contributed by atoms with Gasteiger partial charge in [-0.25, -0.2) is 0 Å². The minimum absolute atomic E-state index is 0.189. The van der Waals surface area contributed by atoms with E-state index in [-0.39, 0.29) is 17.3 Å². The first kappa shape index (κ1) is 26.0. The van der Waals surface area contributed by atoms with Gasteiger partial charge in [-0.05, 0) is 63.7 Å². The van der Waals surface area contributed by atoms with Gasteiger partial charge in [-0.2, -0.15) is 0 Å². The minimum Gasteiger partial charge on any atom is -0.394 e. The fraction of sp³-hybridized carbons (Fsp3) is 0.923. The maximum atomic E-state index is 12.3. The first-order chi connectivity index (χ1) is 16.2. The van der Waals surface area contributed by atoms with Crippen LogP contribution in [0.1, 0.15) is 66.2 Å². The molecule has 200 valence electrons.